The van der Waals surface area contributed by atoms with E-state index in [-0.39, 0.29) is 12.5 Å². The molecule has 0 fully saturated rings. The first-order valence-corrected chi connectivity index (χ1v) is 25.5. The lowest BCUT2D eigenvalue weighted by Crippen LogP contribution is -2.45. The normalized spacial score (nSPS) is 14.7. The molecule has 0 spiro atoms. The van der Waals surface area contributed by atoms with Gasteiger partial charge < -0.3 is 28.8 Å². The standard InChI is InChI=1S/C49H93N2O6P/c1-6-8-10-12-14-16-18-20-22-23-24-25-26-27-29-30-32-34-36-38-40-42-48(52)47(46-57-58(54,55)56-45-44-51(3,4)5)50-49(53)43-41-39-37-35-33-31-28-21-19-17-15-13-11-9-7-2/h15,17,21,28,32,34,40,42,47-48,52H,6-14,16,18-20,22-27,29-31,33,35-39,41,43-46H2,1-5H3,(H-,50,53,54,55)/b17-15-,28-21-,34-32+,42-40+. The van der Waals surface area contributed by atoms with Crippen molar-refractivity contribution in [3.63, 3.8) is 0 Å². The van der Waals surface area contributed by atoms with Gasteiger partial charge >= 0.3 is 0 Å². The SMILES string of the molecule is CCCCC/C=C\C/C=C\CCCCCCCC(=O)NC(COP(=O)([O-])OCC[N+](C)(C)C)C(O)/C=C/CC/C=C/CCCCCCCCCCCCCCCCC. The first-order chi connectivity index (χ1) is 28.0. The Kier molecular flexibility index (Phi) is 39.8. The van der Waals surface area contributed by atoms with Gasteiger partial charge in [-0.3, -0.25) is 9.36 Å². The minimum Gasteiger partial charge on any atom is -0.756 e. The minimum absolute atomic E-state index is 0.0104. The number of hydrogen-bond donors (Lipinski definition) is 2. The number of aliphatic hydroxyl groups excluding tert-OH is 1. The van der Waals surface area contributed by atoms with Crippen LogP contribution in [0.3, 0.4) is 0 Å². The zero-order valence-corrected chi connectivity index (χ0v) is 39.4. The van der Waals surface area contributed by atoms with Crippen molar-refractivity contribution in [2.75, 3.05) is 40.9 Å². The molecule has 3 unspecified atom stereocenters. The predicted molar refractivity (Wildman–Crippen MR) is 247 cm³/mol. The molecule has 0 aliphatic heterocycles. The molecule has 9 heteroatoms. The Morgan fingerprint density at radius 1 is 0.603 bits per heavy atom. The summed E-state index contributed by atoms with van der Waals surface area (Å²) in [5, 5.41) is 13.8. The van der Waals surface area contributed by atoms with Crippen LogP contribution in [0.2, 0.25) is 0 Å². The molecule has 0 aromatic carbocycles. The fourth-order valence-corrected chi connectivity index (χ4v) is 7.39. The van der Waals surface area contributed by atoms with Crippen LogP contribution in [0.5, 0.6) is 0 Å². The molecule has 58 heavy (non-hydrogen) atoms. The molecule has 0 aromatic heterocycles. The zero-order valence-electron chi connectivity index (χ0n) is 38.5. The average Bonchev–Trinajstić information content (AvgIpc) is 3.17. The summed E-state index contributed by atoms with van der Waals surface area (Å²) in [5.41, 5.74) is 0. The molecule has 0 radical (unpaired) electrons. The molecular weight excluding hydrogens is 744 g/mol. The van der Waals surface area contributed by atoms with E-state index in [2.05, 4.69) is 55.6 Å². The van der Waals surface area contributed by atoms with Crippen LogP contribution in [-0.4, -0.2) is 68.5 Å². The highest BCUT2D eigenvalue weighted by atomic mass is 31.2. The van der Waals surface area contributed by atoms with Crippen LogP contribution in [-0.2, 0) is 18.4 Å². The Hall–Kier alpha value is -1.54. The molecule has 2 N–H and O–H groups in total. The molecule has 1 amide bonds. The Morgan fingerprint density at radius 2 is 1.02 bits per heavy atom. The van der Waals surface area contributed by atoms with Crippen molar-refractivity contribution in [3.8, 4) is 0 Å². The van der Waals surface area contributed by atoms with E-state index in [9.17, 15) is 19.4 Å². The van der Waals surface area contributed by atoms with E-state index in [4.69, 9.17) is 9.05 Å². The van der Waals surface area contributed by atoms with Crippen molar-refractivity contribution < 1.29 is 32.9 Å². The van der Waals surface area contributed by atoms with Gasteiger partial charge in [0.1, 0.15) is 13.2 Å². The summed E-state index contributed by atoms with van der Waals surface area (Å²) >= 11 is 0. The molecule has 340 valence electrons. The van der Waals surface area contributed by atoms with Crippen molar-refractivity contribution in [2.45, 2.75) is 219 Å². The Bertz CT molecular complexity index is 1090. The second kappa shape index (κ2) is 40.8. The van der Waals surface area contributed by atoms with Crippen molar-refractivity contribution >= 4 is 13.7 Å². The van der Waals surface area contributed by atoms with Gasteiger partial charge in [0, 0.05) is 6.42 Å². The third kappa shape index (κ3) is 42.6. The molecule has 8 nitrogen and oxygen atoms in total. The molecule has 3 atom stereocenters. The molecule has 0 aliphatic carbocycles. The molecule has 0 bridgehead atoms. The number of phosphoric ester groups is 1. The van der Waals surface area contributed by atoms with Gasteiger partial charge in [-0.25, -0.2) is 0 Å². The van der Waals surface area contributed by atoms with E-state index in [1.54, 1.807) is 6.08 Å². The molecule has 0 aromatic rings. The van der Waals surface area contributed by atoms with Crippen LogP contribution in [0.1, 0.15) is 206 Å². The number of quaternary nitrogens is 1. The Labute approximate surface area is 359 Å². The third-order valence-electron chi connectivity index (χ3n) is 10.5. The lowest BCUT2D eigenvalue weighted by molar-refractivity contribution is -0.870. The van der Waals surface area contributed by atoms with E-state index in [0.717, 1.165) is 64.2 Å². The van der Waals surface area contributed by atoms with Gasteiger partial charge in [0.15, 0.2) is 0 Å². The van der Waals surface area contributed by atoms with Gasteiger partial charge in [-0.05, 0) is 64.2 Å². The van der Waals surface area contributed by atoms with E-state index >= 15 is 0 Å². The van der Waals surface area contributed by atoms with Gasteiger partial charge in [0.2, 0.25) is 5.91 Å². The molecular formula is C49H93N2O6P. The van der Waals surface area contributed by atoms with Crippen molar-refractivity contribution in [3.05, 3.63) is 48.6 Å². The number of carbonyl (C=O) groups is 1. The summed E-state index contributed by atoms with van der Waals surface area (Å²) in [4.78, 5) is 25.3. The number of allylic oxidation sites excluding steroid dienone is 7. The number of likely N-dealkylation sites (N-methyl/N-ethyl adjacent to an activating group) is 1. The fraction of sp³-hybridized carbons (Fsp3) is 0.816. The van der Waals surface area contributed by atoms with Gasteiger partial charge in [-0.2, -0.15) is 0 Å². The lowest BCUT2D eigenvalue weighted by atomic mass is 10.0. The number of unbranched alkanes of at least 4 members (excludes halogenated alkanes) is 24. The summed E-state index contributed by atoms with van der Waals surface area (Å²) in [5.74, 6) is -0.222. The maximum Gasteiger partial charge on any atom is 0.268 e. The van der Waals surface area contributed by atoms with Crippen molar-refractivity contribution in [1.29, 1.82) is 0 Å². The van der Waals surface area contributed by atoms with E-state index in [1.165, 1.54) is 122 Å². The monoisotopic (exact) mass is 837 g/mol. The van der Waals surface area contributed by atoms with Gasteiger partial charge in [-0.1, -0.05) is 184 Å². The number of hydrogen-bond acceptors (Lipinski definition) is 6. The quantitative estimate of drug-likeness (QED) is 0.0274. The first-order valence-electron chi connectivity index (χ1n) is 24.0. The number of carbonyl (C=O) groups excluding carboxylic acids is 1. The smallest absolute Gasteiger partial charge is 0.268 e. The van der Waals surface area contributed by atoms with E-state index in [0.29, 0.717) is 17.4 Å². The zero-order chi connectivity index (χ0) is 42.8. The molecule has 0 rings (SSSR count). The van der Waals surface area contributed by atoms with Crippen LogP contribution < -0.4 is 10.2 Å². The summed E-state index contributed by atoms with van der Waals surface area (Å²) in [6.45, 7) is 4.59. The van der Waals surface area contributed by atoms with E-state index < -0.39 is 26.6 Å². The number of nitrogens with zero attached hydrogens (tertiary/aromatic N) is 1. The van der Waals surface area contributed by atoms with Crippen LogP contribution in [0, 0.1) is 0 Å². The van der Waals surface area contributed by atoms with Crippen molar-refractivity contribution in [1.82, 2.24) is 5.32 Å². The summed E-state index contributed by atoms with van der Waals surface area (Å²) in [6.07, 6.45) is 51.7. The fourth-order valence-electron chi connectivity index (χ4n) is 6.67. The van der Waals surface area contributed by atoms with Crippen LogP contribution in [0.15, 0.2) is 48.6 Å². The predicted octanol–water partition coefficient (Wildman–Crippen LogP) is 13.0. The number of rotatable bonds is 43. The summed E-state index contributed by atoms with van der Waals surface area (Å²) in [6, 6.07) is -0.911. The molecule has 0 saturated heterocycles. The number of nitrogens with one attached hydrogen (secondary N) is 1. The average molecular weight is 837 g/mol. The number of aliphatic hydroxyl groups is 1. The first kappa shape index (κ1) is 56.5. The van der Waals surface area contributed by atoms with Gasteiger partial charge in [0.25, 0.3) is 7.82 Å². The maximum absolute atomic E-state index is 12.9. The molecule has 0 aliphatic rings. The summed E-state index contributed by atoms with van der Waals surface area (Å²) < 4.78 is 23.2. The maximum atomic E-state index is 12.9. The third-order valence-corrected chi connectivity index (χ3v) is 11.5. The highest BCUT2D eigenvalue weighted by Gasteiger charge is 2.23. The van der Waals surface area contributed by atoms with Gasteiger partial charge in [-0.15, -0.1) is 0 Å². The highest BCUT2D eigenvalue weighted by Crippen LogP contribution is 2.38. The largest absolute Gasteiger partial charge is 0.756 e. The second-order valence-corrected chi connectivity index (χ2v) is 18.9. The van der Waals surface area contributed by atoms with Crippen LogP contribution >= 0.6 is 7.82 Å². The molecule has 0 saturated carbocycles. The number of amides is 1. The number of phosphoric acid groups is 1. The minimum atomic E-state index is -4.60. The lowest BCUT2D eigenvalue weighted by Gasteiger charge is -2.29. The topological polar surface area (TPSA) is 108 Å². The molecule has 0 heterocycles. The van der Waals surface area contributed by atoms with Gasteiger partial charge in [0.05, 0.1) is 39.9 Å². The Morgan fingerprint density at radius 3 is 1.53 bits per heavy atom. The van der Waals surface area contributed by atoms with Crippen LogP contribution in [0.25, 0.3) is 0 Å². The summed E-state index contributed by atoms with van der Waals surface area (Å²) in [7, 11) is 1.23. The van der Waals surface area contributed by atoms with E-state index in [1.807, 2.05) is 27.2 Å². The second-order valence-electron chi connectivity index (χ2n) is 17.5. The highest BCUT2D eigenvalue weighted by molar-refractivity contribution is 7.45. The van der Waals surface area contributed by atoms with Crippen LogP contribution in [0.4, 0.5) is 0 Å². The Balaban J connectivity index is 4.43. The van der Waals surface area contributed by atoms with Crippen molar-refractivity contribution in [2.24, 2.45) is 0 Å².